The van der Waals surface area contributed by atoms with E-state index in [-0.39, 0.29) is 23.7 Å². The molecule has 1 amide bonds. The molecule has 2 atom stereocenters. The minimum atomic E-state index is -1.02. The van der Waals surface area contributed by atoms with Crippen LogP contribution in [0.5, 0.6) is 0 Å². The molecule has 2 aromatic rings. The van der Waals surface area contributed by atoms with Crippen LogP contribution < -0.4 is 0 Å². The molecule has 7 heteroatoms. The summed E-state index contributed by atoms with van der Waals surface area (Å²) in [4.78, 5) is 26.8. The molecule has 1 aliphatic heterocycles. The zero-order valence-corrected chi connectivity index (χ0v) is 15.5. The predicted molar refractivity (Wildman–Crippen MR) is 97.6 cm³/mol. The van der Waals surface area contributed by atoms with E-state index in [1.165, 1.54) is 24.1 Å². The van der Waals surface area contributed by atoms with E-state index >= 15 is 0 Å². The molecular weight excluding hydrogens is 354 g/mol. The van der Waals surface area contributed by atoms with E-state index in [1.807, 2.05) is 36.9 Å². The minimum Gasteiger partial charge on any atom is -0.478 e. The van der Waals surface area contributed by atoms with Crippen LogP contribution in [0.3, 0.4) is 0 Å². The SMILES string of the molecule is CC1CN(C(=O)c2ccccc2SCc2occc2C(=O)O)CC(C)O1. The molecule has 1 saturated heterocycles. The van der Waals surface area contributed by atoms with Crippen LogP contribution >= 0.6 is 11.8 Å². The van der Waals surface area contributed by atoms with Crippen LogP contribution in [-0.2, 0) is 10.5 Å². The van der Waals surface area contributed by atoms with E-state index in [1.54, 1.807) is 6.07 Å². The Morgan fingerprint density at radius 3 is 2.54 bits per heavy atom. The van der Waals surface area contributed by atoms with Gasteiger partial charge in [0.2, 0.25) is 0 Å². The number of rotatable bonds is 5. The number of morpholine rings is 1. The molecule has 138 valence electrons. The molecule has 2 heterocycles. The van der Waals surface area contributed by atoms with Gasteiger partial charge in [-0.3, -0.25) is 4.79 Å². The number of amides is 1. The van der Waals surface area contributed by atoms with Gasteiger partial charge in [0.1, 0.15) is 11.3 Å². The molecule has 1 aromatic heterocycles. The molecule has 1 N–H and O–H groups in total. The predicted octanol–water partition coefficient (Wildman–Crippen LogP) is 3.52. The maximum absolute atomic E-state index is 13.0. The smallest absolute Gasteiger partial charge is 0.339 e. The van der Waals surface area contributed by atoms with Crippen LogP contribution in [-0.4, -0.2) is 47.2 Å². The number of furan rings is 1. The van der Waals surface area contributed by atoms with Crippen molar-refractivity contribution in [3.63, 3.8) is 0 Å². The Hall–Kier alpha value is -2.25. The number of carbonyl (C=O) groups is 2. The summed E-state index contributed by atoms with van der Waals surface area (Å²) in [6.45, 7) is 5.04. The zero-order valence-electron chi connectivity index (χ0n) is 14.7. The summed E-state index contributed by atoms with van der Waals surface area (Å²) >= 11 is 1.39. The van der Waals surface area contributed by atoms with Gasteiger partial charge in [0.15, 0.2) is 0 Å². The van der Waals surface area contributed by atoms with Crippen LogP contribution in [0.15, 0.2) is 45.9 Å². The highest BCUT2D eigenvalue weighted by Gasteiger charge is 2.28. The largest absolute Gasteiger partial charge is 0.478 e. The Morgan fingerprint density at radius 2 is 1.85 bits per heavy atom. The quantitative estimate of drug-likeness (QED) is 0.806. The van der Waals surface area contributed by atoms with Crippen molar-refractivity contribution in [3.8, 4) is 0 Å². The van der Waals surface area contributed by atoms with E-state index in [2.05, 4.69) is 0 Å². The molecule has 1 aromatic carbocycles. The first kappa shape index (κ1) is 18.5. The number of hydrogen-bond donors (Lipinski definition) is 1. The third kappa shape index (κ3) is 4.11. The summed E-state index contributed by atoms with van der Waals surface area (Å²) in [7, 11) is 0. The Bertz CT molecular complexity index is 793. The van der Waals surface area contributed by atoms with Crippen LogP contribution in [0.25, 0.3) is 0 Å². The highest BCUT2D eigenvalue weighted by molar-refractivity contribution is 7.98. The fourth-order valence-electron chi connectivity index (χ4n) is 3.07. The Morgan fingerprint density at radius 1 is 1.15 bits per heavy atom. The van der Waals surface area contributed by atoms with Crippen molar-refractivity contribution in [1.29, 1.82) is 0 Å². The number of carbonyl (C=O) groups excluding carboxylic acids is 1. The molecule has 1 aliphatic rings. The van der Waals surface area contributed by atoms with E-state index in [4.69, 9.17) is 9.15 Å². The average Bonchev–Trinajstić information content (AvgIpc) is 3.07. The molecule has 0 bridgehead atoms. The first-order valence-electron chi connectivity index (χ1n) is 8.42. The maximum atomic E-state index is 13.0. The van der Waals surface area contributed by atoms with Gasteiger partial charge in [-0.05, 0) is 32.0 Å². The molecular formula is C19H21NO5S. The summed E-state index contributed by atoms with van der Waals surface area (Å²) in [5, 5.41) is 9.17. The van der Waals surface area contributed by atoms with Crippen molar-refractivity contribution in [3.05, 3.63) is 53.5 Å². The number of hydrogen-bond acceptors (Lipinski definition) is 5. The van der Waals surface area contributed by atoms with Crippen molar-refractivity contribution < 1.29 is 23.8 Å². The Balaban J connectivity index is 1.76. The second-order valence-corrected chi connectivity index (χ2v) is 7.33. The number of nitrogens with zero attached hydrogens (tertiary/aromatic N) is 1. The van der Waals surface area contributed by atoms with Gasteiger partial charge in [0.05, 0.1) is 29.8 Å². The first-order valence-corrected chi connectivity index (χ1v) is 9.40. The van der Waals surface area contributed by atoms with Crippen LogP contribution in [0.2, 0.25) is 0 Å². The van der Waals surface area contributed by atoms with Gasteiger partial charge in [-0.1, -0.05) is 12.1 Å². The Labute approximate surface area is 156 Å². The minimum absolute atomic E-state index is 0.00348. The van der Waals surface area contributed by atoms with E-state index < -0.39 is 5.97 Å². The topological polar surface area (TPSA) is 80.0 Å². The third-order valence-electron chi connectivity index (χ3n) is 4.16. The van der Waals surface area contributed by atoms with E-state index in [0.717, 1.165) is 4.90 Å². The number of benzene rings is 1. The number of thioether (sulfide) groups is 1. The molecule has 2 unspecified atom stereocenters. The van der Waals surface area contributed by atoms with Gasteiger partial charge in [0, 0.05) is 18.0 Å². The van der Waals surface area contributed by atoms with Crippen molar-refractivity contribution in [2.24, 2.45) is 0 Å². The van der Waals surface area contributed by atoms with Crippen molar-refractivity contribution >= 4 is 23.6 Å². The number of aromatic carboxylic acids is 1. The fourth-order valence-corrected chi connectivity index (χ4v) is 4.07. The van der Waals surface area contributed by atoms with Crippen LogP contribution in [0, 0.1) is 0 Å². The van der Waals surface area contributed by atoms with Crippen LogP contribution in [0.4, 0.5) is 0 Å². The molecule has 1 fully saturated rings. The van der Waals surface area contributed by atoms with Gasteiger partial charge in [-0.2, -0.15) is 0 Å². The number of carboxylic acids is 1. The summed E-state index contributed by atoms with van der Waals surface area (Å²) in [5.74, 6) is -0.323. The highest BCUT2D eigenvalue weighted by atomic mass is 32.2. The van der Waals surface area contributed by atoms with Gasteiger partial charge in [-0.25, -0.2) is 4.79 Å². The third-order valence-corrected chi connectivity index (χ3v) is 5.23. The van der Waals surface area contributed by atoms with Gasteiger partial charge >= 0.3 is 5.97 Å². The molecule has 6 nitrogen and oxygen atoms in total. The van der Waals surface area contributed by atoms with Crippen molar-refractivity contribution in [2.45, 2.75) is 36.7 Å². The molecule has 0 saturated carbocycles. The summed E-state index contributed by atoms with van der Waals surface area (Å²) < 4.78 is 11.0. The van der Waals surface area contributed by atoms with E-state index in [0.29, 0.717) is 30.2 Å². The lowest BCUT2D eigenvalue weighted by Crippen LogP contribution is -2.48. The standard InChI is InChI=1S/C19H21NO5S/c1-12-9-20(10-13(2)25-12)18(21)15-5-3-4-6-17(15)26-11-16-14(19(22)23)7-8-24-16/h3-8,12-13H,9-11H2,1-2H3,(H,22,23). The molecule has 0 spiro atoms. The number of carboxylic acid groups (broad SMARTS) is 1. The van der Waals surface area contributed by atoms with Gasteiger partial charge < -0.3 is 19.2 Å². The Kier molecular flexibility index (Phi) is 5.68. The lowest BCUT2D eigenvalue weighted by Gasteiger charge is -2.35. The normalized spacial score (nSPS) is 20.2. The highest BCUT2D eigenvalue weighted by Crippen LogP contribution is 2.29. The van der Waals surface area contributed by atoms with Gasteiger partial charge in [0.25, 0.3) is 5.91 Å². The molecule has 26 heavy (non-hydrogen) atoms. The number of ether oxygens (including phenoxy) is 1. The summed E-state index contributed by atoms with van der Waals surface area (Å²) in [5.41, 5.74) is 0.763. The van der Waals surface area contributed by atoms with Crippen LogP contribution in [0.1, 0.15) is 40.3 Å². The summed E-state index contributed by atoms with van der Waals surface area (Å²) in [6, 6.07) is 8.81. The molecule has 0 radical (unpaired) electrons. The lowest BCUT2D eigenvalue weighted by atomic mass is 10.1. The second kappa shape index (κ2) is 7.97. The first-order chi connectivity index (χ1) is 12.5. The second-order valence-electron chi connectivity index (χ2n) is 6.31. The lowest BCUT2D eigenvalue weighted by molar-refractivity contribution is -0.0586. The monoisotopic (exact) mass is 375 g/mol. The summed E-state index contributed by atoms with van der Waals surface area (Å²) in [6.07, 6.45) is 1.37. The van der Waals surface area contributed by atoms with Crippen molar-refractivity contribution in [2.75, 3.05) is 13.1 Å². The molecule has 0 aliphatic carbocycles. The zero-order chi connectivity index (χ0) is 18.7. The van der Waals surface area contributed by atoms with E-state index in [9.17, 15) is 14.7 Å². The van der Waals surface area contributed by atoms with Crippen molar-refractivity contribution in [1.82, 2.24) is 4.90 Å². The maximum Gasteiger partial charge on any atom is 0.339 e. The fraction of sp³-hybridized carbons (Fsp3) is 0.368. The average molecular weight is 375 g/mol. The van der Waals surface area contributed by atoms with Gasteiger partial charge in [-0.15, -0.1) is 11.8 Å². The molecule has 3 rings (SSSR count).